The Morgan fingerprint density at radius 1 is 1.18 bits per heavy atom. The number of hydrogen-bond donors (Lipinski definition) is 1. The van der Waals surface area contributed by atoms with Crippen LogP contribution in [0.4, 0.5) is 0 Å². The van der Waals surface area contributed by atoms with Gasteiger partial charge in [0.2, 0.25) is 0 Å². The Kier molecular flexibility index (Phi) is 5.74. The lowest BCUT2D eigenvalue weighted by Crippen LogP contribution is -2.17. The molecule has 0 saturated heterocycles. The van der Waals surface area contributed by atoms with Gasteiger partial charge in [-0.25, -0.2) is 5.43 Å². The molecule has 0 aliphatic heterocycles. The Bertz CT molecular complexity index is 664. The van der Waals surface area contributed by atoms with Crippen LogP contribution in [0.5, 0.6) is 5.75 Å². The van der Waals surface area contributed by atoms with Crippen LogP contribution in [0.15, 0.2) is 66.3 Å². The molecule has 2 aromatic rings. The van der Waals surface area contributed by atoms with Gasteiger partial charge in [-0.15, -0.1) is 0 Å². The zero-order valence-corrected chi connectivity index (χ0v) is 12.6. The van der Waals surface area contributed by atoms with Crippen LogP contribution in [0.3, 0.4) is 0 Å². The largest absolute Gasteiger partial charge is 0.490 e. The summed E-state index contributed by atoms with van der Waals surface area (Å²) in [5, 5.41) is 4.56. The fraction of sp³-hybridized carbons (Fsp3) is 0.0588. The highest BCUT2D eigenvalue weighted by molar-refractivity contribution is 6.30. The molecule has 0 saturated carbocycles. The average Bonchev–Trinajstić information content (AvgIpc) is 2.55. The number of hydrogen-bond acceptors (Lipinski definition) is 3. The highest BCUT2D eigenvalue weighted by Gasteiger charge is 2.04. The minimum absolute atomic E-state index is 0.291. The number of nitrogens with zero attached hydrogens (tertiary/aromatic N) is 1. The molecule has 0 aliphatic carbocycles. The first-order valence-electron chi connectivity index (χ1n) is 6.62. The first-order chi connectivity index (χ1) is 10.7. The number of carbonyl (C=O) groups is 1. The van der Waals surface area contributed by atoms with Crippen molar-refractivity contribution in [2.45, 2.75) is 0 Å². The third-order valence-corrected chi connectivity index (χ3v) is 2.99. The second kappa shape index (κ2) is 8.00. The molecule has 0 heterocycles. The van der Waals surface area contributed by atoms with Crippen molar-refractivity contribution in [3.8, 4) is 5.75 Å². The van der Waals surface area contributed by atoms with Crippen LogP contribution < -0.4 is 10.2 Å². The van der Waals surface area contributed by atoms with E-state index in [0.29, 0.717) is 22.9 Å². The van der Waals surface area contributed by atoms with Crippen molar-refractivity contribution < 1.29 is 9.53 Å². The molecule has 0 spiro atoms. The molecule has 4 nitrogen and oxygen atoms in total. The molecule has 0 aromatic heterocycles. The SMILES string of the molecule is C=CCOc1ccc(C(=O)NN=Cc2ccc(Cl)cc2)cc1. The smallest absolute Gasteiger partial charge is 0.271 e. The fourth-order valence-electron chi connectivity index (χ4n) is 1.64. The summed E-state index contributed by atoms with van der Waals surface area (Å²) in [6.07, 6.45) is 3.21. The lowest BCUT2D eigenvalue weighted by atomic mass is 10.2. The summed E-state index contributed by atoms with van der Waals surface area (Å²) in [7, 11) is 0. The van der Waals surface area contributed by atoms with Crippen molar-refractivity contribution >= 4 is 23.7 Å². The highest BCUT2D eigenvalue weighted by atomic mass is 35.5. The van der Waals surface area contributed by atoms with Crippen molar-refractivity contribution in [1.29, 1.82) is 0 Å². The first-order valence-corrected chi connectivity index (χ1v) is 6.99. The Hall–Kier alpha value is -2.59. The predicted molar refractivity (Wildman–Crippen MR) is 88.6 cm³/mol. The van der Waals surface area contributed by atoms with E-state index in [2.05, 4.69) is 17.1 Å². The minimum atomic E-state index is -0.291. The Balaban J connectivity index is 1.91. The van der Waals surface area contributed by atoms with Crippen LogP contribution in [0.25, 0.3) is 0 Å². The number of carbonyl (C=O) groups excluding carboxylic acids is 1. The molecule has 2 rings (SSSR count). The summed E-state index contributed by atoms with van der Waals surface area (Å²) in [5.41, 5.74) is 3.81. The van der Waals surface area contributed by atoms with Crippen LogP contribution in [0, 0.1) is 0 Å². The molecule has 0 fully saturated rings. The molecule has 0 radical (unpaired) electrons. The second-order valence-corrected chi connectivity index (χ2v) is 4.81. The molecule has 0 bridgehead atoms. The second-order valence-electron chi connectivity index (χ2n) is 4.37. The maximum absolute atomic E-state index is 11.9. The number of rotatable bonds is 6. The molecule has 112 valence electrons. The molecule has 1 N–H and O–H groups in total. The molecule has 0 atom stereocenters. The molecule has 0 unspecified atom stereocenters. The zero-order valence-electron chi connectivity index (χ0n) is 11.8. The van der Waals surface area contributed by atoms with Crippen molar-refractivity contribution in [2.24, 2.45) is 5.10 Å². The average molecular weight is 315 g/mol. The quantitative estimate of drug-likeness (QED) is 0.502. The molecule has 1 amide bonds. The van der Waals surface area contributed by atoms with E-state index in [1.165, 1.54) is 0 Å². The number of amides is 1. The van der Waals surface area contributed by atoms with Gasteiger partial charge in [-0.3, -0.25) is 4.79 Å². The van der Waals surface area contributed by atoms with Crippen molar-refractivity contribution in [3.05, 3.63) is 77.3 Å². The maximum atomic E-state index is 11.9. The minimum Gasteiger partial charge on any atom is -0.490 e. The van der Waals surface area contributed by atoms with Gasteiger partial charge in [0.15, 0.2) is 0 Å². The normalized spacial score (nSPS) is 10.4. The maximum Gasteiger partial charge on any atom is 0.271 e. The van der Waals surface area contributed by atoms with E-state index in [4.69, 9.17) is 16.3 Å². The van der Waals surface area contributed by atoms with Gasteiger partial charge in [-0.2, -0.15) is 5.10 Å². The van der Waals surface area contributed by atoms with Crippen LogP contribution in [0.2, 0.25) is 5.02 Å². The topological polar surface area (TPSA) is 50.7 Å². The number of hydrazone groups is 1. The van der Waals surface area contributed by atoms with Crippen LogP contribution in [0.1, 0.15) is 15.9 Å². The molecular weight excluding hydrogens is 300 g/mol. The Morgan fingerprint density at radius 2 is 1.86 bits per heavy atom. The molecule has 5 heteroatoms. The highest BCUT2D eigenvalue weighted by Crippen LogP contribution is 2.12. The summed E-state index contributed by atoms with van der Waals surface area (Å²) in [6, 6.07) is 13.9. The lowest BCUT2D eigenvalue weighted by molar-refractivity contribution is 0.0955. The zero-order chi connectivity index (χ0) is 15.8. The van der Waals surface area contributed by atoms with Crippen LogP contribution >= 0.6 is 11.6 Å². The van der Waals surface area contributed by atoms with Gasteiger partial charge in [0.25, 0.3) is 5.91 Å². The molecular formula is C17H15ClN2O2. The van der Waals surface area contributed by atoms with Gasteiger partial charge in [0.05, 0.1) is 6.21 Å². The lowest BCUT2D eigenvalue weighted by Gasteiger charge is -2.04. The van der Waals surface area contributed by atoms with Crippen LogP contribution in [-0.2, 0) is 0 Å². The number of benzene rings is 2. The van der Waals surface area contributed by atoms with Gasteiger partial charge >= 0.3 is 0 Å². The van der Waals surface area contributed by atoms with E-state index in [0.717, 1.165) is 5.56 Å². The number of ether oxygens (including phenoxy) is 1. The van der Waals surface area contributed by atoms with Gasteiger partial charge in [-0.05, 0) is 42.0 Å². The standard InChI is InChI=1S/C17H15ClN2O2/c1-2-11-22-16-9-5-14(6-10-16)17(21)20-19-12-13-3-7-15(18)8-4-13/h2-10,12H,1,11H2,(H,20,21). The third-order valence-electron chi connectivity index (χ3n) is 2.73. The number of halogens is 1. The van der Waals surface area contributed by atoms with Gasteiger partial charge in [-0.1, -0.05) is 36.4 Å². The van der Waals surface area contributed by atoms with Gasteiger partial charge in [0.1, 0.15) is 12.4 Å². The Morgan fingerprint density at radius 3 is 2.50 bits per heavy atom. The third kappa shape index (κ3) is 4.75. The summed E-state index contributed by atoms with van der Waals surface area (Å²) in [6.45, 7) is 4.00. The summed E-state index contributed by atoms with van der Waals surface area (Å²) >= 11 is 5.79. The summed E-state index contributed by atoms with van der Waals surface area (Å²) in [4.78, 5) is 11.9. The van der Waals surface area contributed by atoms with E-state index < -0.39 is 0 Å². The van der Waals surface area contributed by atoms with E-state index in [-0.39, 0.29) is 5.91 Å². The van der Waals surface area contributed by atoms with Crippen LogP contribution in [-0.4, -0.2) is 18.7 Å². The first kappa shape index (κ1) is 15.8. The Labute approximate surface area is 134 Å². The summed E-state index contributed by atoms with van der Waals surface area (Å²) in [5.74, 6) is 0.390. The molecule has 22 heavy (non-hydrogen) atoms. The van der Waals surface area contributed by atoms with Gasteiger partial charge < -0.3 is 4.74 Å². The van der Waals surface area contributed by atoms with E-state index >= 15 is 0 Å². The number of nitrogens with one attached hydrogen (secondary N) is 1. The molecule has 0 aliphatic rings. The summed E-state index contributed by atoms with van der Waals surface area (Å²) < 4.78 is 5.35. The van der Waals surface area contributed by atoms with E-state index in [1.54, 1.807) is 48.7 Å². The van der Waals surface area contributed by atoms with Crippen molar-refractivity contribution in [3.63, 3.8) is 0 Å². The van der Waals surface area contributed by atoms with E-state index in [9.17, 15) is 4.79 Å². The van der Waals surface area contributed by atoms with Gasteiger partial charge in [0, 0.05) is 10.6 Å². The molecule has 2 aromatic carbocycles. The van der Waals surface area contributed by atoms with Crippen molar-refractivity contribution in [1.82, 2.24) is 5.43 Å². The monoisotopic (exact) mass is 314 g/mol. The van der Waals surface area contributed by atoms with E-state index in [1.807, 2.05) is 12.1 Å². The fourth-order valence-corrected chi connectivity index (χ4v) is 1.76. The predicted octanol–water partition coefficient (Wildman–Crippen LogP) is 3.67. The van der Waals surface area contributed by atoms with Crippen molar-refractivity contribution in [2.75, 3.05) is 6.61 Å².